The summed E-state index contributed by atoms with van der Waals surface area (Å²) in [4.78, 5) is 39.2. The smallest absolute Gasteiger partial charge is 0.265 e. The van der Waals surface area contributed by atoms with E-state index in [0.29, 0.717) is 22.1 Å². The lowest BCUT2D eigenvalue weighted by Crippen LogP contribution is -2.13. The van der Waals surface area contributed by atoms with Gasteiger partial charge in [0.15, 0.2) is 0 Å². The number of hydrogen-bond acceptors (Lipinski definition) is 6. The highest BCUT2D eigenvalue weighted by Gasteiger charge is 2.24. The number of rotatable bonds is 0. The fourth-order valence-electron chi connectivity index (χ4n) is 7.21. The molecule has 0 saturated carbocycles. The maximum atomic E-state index is 13.9. The van der Waals surface area contributed by atoms with Crippen LogP contribution >= 0.6 is 22.7 Å². The number of fused-ring (bicyclic) bond motifs is 10. The number of benzene rings is 5. The van der Waals surface area contributed by atoms with Crippen LogP contribution in [0.2, 0.25) is 0 Å². The Bertz CT molecular complexity index is 2810. The Balaban J connectivity index is 1.43. The van der Waals surface area contributed by atoms with E-state index in [4.69, 9.17) is 9.97 Å². The third-order valence-electron chi connectivity index (χ3n) is 8.78. The Hall–Kier alpha value is -4.92. The lowest BCUT2D eigenvalue weighted by atomic mass is 9.86. The molecule has 0 spiro atoms. The molecule has 0 unspecified atom stereocenters. The third kappa shape index (κ3) is 1.98. The first-order chi connectivity index (χ1) is 19.7. The van der Waals surface area contributed by atoms with E-state index in [1.54, 1.807) is 8.80 Å². The van der Waals surface area contributed by atoms with Gasteiger partial charge in [-0.15, -0.1) is 22.7 Å². The SMILES string of the molecule is O=c1c2ccc3c4ccc5c6c(ccc(c7ccc(c2c37)c2nc3ccsc3n12)c46)c(=O)n1c5nc2ccsc21. The zero-order chi connectivity index (χ0) is 26.0. The first-order valence-electron chi connectivity index (χ1n) is 12.9. The molecule has 0 atom stereocenters. The summed E-state index contributed by atoms with van der Waals surface area (Å²) in [5, 5.41) is 15.6. The van der Waals surface area contributed by atoms with Crippen molar-refractivity contribution in [2.45, 2.75) is 0 Å². The summed E-state index contributed by atoms with van der Waals surface area (Å²) in [7, 11) is 0. The molecule has 11 rings (SSSR count). The van der Waals surface area contributed by atoms with Gasteiger partial charge >= 0.3 is 0 Å². The van der Waals surface area contributed by atoms with Crippen LogP contribution in [0.4, 0.5) is 0 Å². The zero-order valence-electron chi connectivity index (χ0n) is 20.4. The van der Waals surface area contributed by atoms with Gasteiger partial charge in [0.1, 0.15) is 32.0 Å². The molecule has 11 aromatic rings. The largest absolute Gasteiger partial charge is 0.268 e. The molecule has 0 aliphatic heterocycles. The molecular formula is C32H12N4O2S2. The van der Waals surface area contributed by atoms with Crippen LogP contribution in [0, 0.1) is 0 Å². The molecule has 40 heavy (non-hydrogen) atoms. The number of hydrogen-bond donors (Lipinski definition) is 0. The Morgan fingerprint density at radius 2 is 0.800 bits per heavy atom. The molecule has 0 N–H and O–H groups in total. The maximum absolute atomic E-state index is 13.9. The number of pyridine rings is 2. The summed E-state index contributed by atoms with van der Waals surface area (Å²) >= 11 is 3.08. The summed E-state index contributed by atoms with van der Waals surface area (Å²) in [6.45, 7) is 0. The molecule has 0 aliphatic carbocycles. The predicted octanol–water partition coefficient (Wildman–Crippen LogP) is 7.36. The molecule has 0 bridgehead atoms. The van der Waals surface area contributed by atoms with Gasteiger partial charge in [-0.05, 0) is 79.5 Å². The third-order valence-corrected chi connectivity index (χ3v) is 10.6. The fraction of sp³-hybridized carbons (Fsp3) is 0. The van der Waals surface area contributed by atoms with Gasteiger partial charge in [0, 0.05) is 32.3 Å². The van der Waals surface area contributed by atoms with Gasteiger partial charge < -0.3 is 0 Å². The number of thiophene rings is 2. The average molecular weight is 549 g/mol. The minimum absolute atomic E-state index is 0.0374. The highest BCUT2D eigenvalue weighted by atomic mass is 32.1. The van der Waals surface area contributed by atoms with E-state index in [2.05, 4.69) is 36.4 Å². The zero-order valence-corrected chi connectivity index (χ0v) is 22.0. The van der Waals surface area contributed by atoms with Crippen LogP contribution in [-0.2, 0) is 0 Å². The topological polar surface area (TPSA) is 68.7 Å². The van der Waals surface area contributed by atoms with Crippen LogP contribution in [0.15, 0.2) is 81.0 Å². The molecule has 0 radical (unpaired) electrons. The van der Waals surface area contributed by atoms with Crippen molar-refractivity contribution in [3.8, 4) is 0 Å². The molecule has 6 aromatic heterocycles. The van der Waals surface area contributed by atoms with Crippen molar-refractivity contribution in [1.82, 2.24) is 18.8 Å². The molecule has 184 valence electrons. The molecule has 6 heterocycles. The minimum atomic E-state index is -0.0374. The first-order valence-corrected chi connectivity index (χ1v) is 14.7. The van der Waals surface area contributed by atoms with E-state index in [1.807, 2.05) is 35.0 Å². The molecule has 8 heteroatoms. The van der Waals surface area contributed by atoms with E-state index in [0.717, 1.165) is 74.6 Å². The second-order valence-corrected chi connectivity index (χ2v) is 12.3. The summed E-state index contributed by atoms with van der Waals surface area (Å²) in [5.41, 5.74) is 3.03. The van der Waals surface area contributed by atoms with Gasteiger partial charge in [-0.2, -0.15) is 0 Å². The van der Waals surface area contributed by atoms with Crippen molar-refractivity contribution in [2.75, 3.05) is 0 Å². The maximum Gasteiger partial charge on any atom is 0.265 e. The lowest BCUT2D eigenvalue weighted by Gasteiger charge is -2.18. The van der Waals surface area contributed by atoms with E-state index < -0.39 is 0 Å². The van der Waals surface area contributed by atoms with Gasteiger partial charge in [0.25, 0.3) is 11.1 Å². The Labute approximate surface area is 229 Å². The van der Waals surface area contributed by atoms with Gasteiger partial charge in [-0.1, -0.05) is 24.3 Å². The highest BCUT2D eigenvalue weighted by molar-refractivity contribution is 7.17. The normalized spacial score (nSPS) is 13.2. The van der Waals surface area contributed by atoms with Gasteiger partial charge in [0.2, 0.25) is 0 Å². The first kappa shape index (κ1) is 20.0. The Morgan fingerprint density at radius 3 is 1.23 bits per heavy atom. The molecule has 0 aliphatic rings. The minimum Gasteiger partial charge on any atom is -0.268 e. The molecule has 5 aromatic carbocycles. The van der Waals surface area contributed by atoms with Crippen LogP contribution in [0.3, 0.4) is 0 Å². The lowest BCUT2D eigenvalue weighted by molar-refractivity contribution is 1.20. The Morgan fingerprint density at radius 1 is 0.450 bits per heavy atom. The van der Waals surface area contributed by atoms with Gasteiger partial charge in [-0.3, -0.25) is 9.59 Å². The van der Waals surface area contributed by atoms with Crippen molar-refractivity contribution in [3.63, 3.8) is 0 Å². The quantitative estimate of drug-likeness (QED) is 0.147. The van der Waals surface area contributed by atoms with Crippen molar-refractivity contribution in [2.24, 2.45) is 0 Å². The molecule has 6 nitrogen and oxygen atoms in total. The van der Waals surface area contributed by atoms with Crippen molar-refractivity contribution in [3.05, 3.63) is 92.1 Å². The number of aromatic nitrogens is 4. The molecule has 0 fully saturated rings. The van der Waals surface area contributed by atoms with Crippen LogP contribution in [0.1, 0.15) is 0 Å². The standard InChI is InChI=1S/C32H12N4O2S2/c37-29-19-8-4-16-14-2-6-18-26-20(30(38)36-28(18)34-22-10-12-40-32(22)36)7-3-15(24(14)26)13-1-5-17(25(19)23(13)16)27-33-21-9-11-39-31(21)35(27)29/h1-12H. The second kappa shape index (κ2) is 6.28. The Kier molecular flexibility index (Phi) is 3.15. The summed E-state index contributed by atoms with van der Waals surface area (Å²) in [5.74, 6) is 0. The molecule has 0 saturated heterocycles. The van der Waals surface area contributed by atoms with Crippen LogP contribution < -0.4 is 11.1 Å². The van der Waals surface area contributed by atoms with E-state index in [-0.39, 0.29) is 11.1 Å². The van der Waals surface area contributed by atoms with Crippen molar-refractivity contribution < 1.29 is 0 Å². The summed E-state index contributed by atoms with van der Waals surface area (Å²) < 4.78 is 3.53. The summed E-state index contributed by atoms with van der Waals surface area (Å²) in [6, 6.07) is 20.5. The fourth-order valence-corrected chi connectivity index (χ4v) is 8.88. The number of nitrogens with zero attached hydrogens (tertiary/aromatic N) is 4. The second-order valence-electron chi connectivity index (χ2n) is 10.5. The van der Waals surface area contributed by atoms with Crippen LogP contribution in [0.5, 0.6) is 0 Å². The predicted molar refractivity (Wildman–Crippen MR) is 166 cm³/mol. The molecule has 0 amide bonds. The summed E-state index contributed by atoms with van der Waals surface area (Å²) in [6.07, 6.45) is 0. The van der Waals surface area contributed by atoms with Gasteiger partial charge in [0.05, 0.1) is 0 Å². The average Bonchev–Trinajstić information content (AvgIpc) is 3.75. The van der Waals surface area contributed by atoms with E-state index in [9.17, 15) is 9.59 Å². The number of imidazole rings is 2. The van der Waals surface area contributed by atoms with E-state index in [1.165, 1.54) is 22.7 Å². The van der Waals surface area contributed by atoms with Crippen molar-refractivity contribution >= 4 is 119 Å². The van der Waals surface area contributed by atoms with Crippen LogP contribution in [-0.4, -0.2) is 18.8 Å². The van der Waals surface area contributed by atoms with Crippen molar-refractivity contribution in [1.29, 1.82) is 0 Å². The highest BCUT2D eigenvalue weighted by Crippen LogP contribution is 2.45. The molecular weight excluding hydrogens is 537 g/mol. The monoisotopic (exact) mass is 548 g/mol. The van der Waals surface area contributed by atoms with E-state index >= 15 is 0 Å². The van der Waals surface area contributed by atoms with Crippen LogP contribution in [0.25, 0.3) is 96.6 Å². The van der Waals surface area contributed by atoms with Gasteiger partial charge in [-0.25, -0.2) is 18.8 Å².